The number of carboxylic acid groups (broad SMARTS) is 1. The molecule has 0 saturated heterocycles. The number of amides is 1. The highest BCUT2D eigenvalue weighted by atomic mass is 16.4. The van der Waals surface area contributed by atoms with Crippen molar-refractivity contribution in [3.8, 4) is 11.1 Å². The molecule has 144 valence electrons. The van der Waals surface area contributed by atoms with E-state index in [-0.39, 0.29) is 12.3 Å². The van der Waals surface area contributed by atoms with E-state index < -0.39 is 18.1 Å². The van der Waals surface area contributed by atoms with E-state index in [9.17, 15) is 14.7 Å². The Bertz CT molecular complexity index is 742. The summed E-state index contributed by atoms with van der Waals surface area (Å²) >= 11 is 0. The van der Waals surface area contributed by atoms with E-state index in [2.05, 4.69) is 10.6 Å². The van der Waals surface area contributed by atoms with E-state index >= 15 is 0 Å². The van der Waals surface area contributed by atoms with Crippen LogP contribution in [0.15, 0.2) is 54.6 Å². The van der Waals surface area contributed by atoms with Crippen molar-refractivity contribution in [2.45, 2.75) is 38.8 Å². The first-order valence-corrected chi connectivity index (χ1v) is 9.25. The van der Waals surface area contributed by atoms with Crippen LogP contribution >= 0.6 is 0 Å². The fourth-order valence-electron chi connectivity index (χ4n) is 3.00. The number of likely N-dealkylation sites (N-methyl/N-ethyl adjacent to an activating group) is 1. The van der Waals surface area contributed by atoms with Crippen LogP contribution in [-0.4, -0.2) is 36.1 Å². The topological polar surface area (TPSA) is 78.4 Å². The number of hydrogen-bond donors (Lipinski definition) is 3. The highest BCUT2D eigenvalue weighted by molar-refractivity contribution is 5.87. The molecule has 0 aromatic heterocycles. The lowest BCUT2D eigenvalue weighted by molar-refractivity contribution is -0.142. The number of carboxylic acids is 1. The predicted molar refractivity (Wildman–Crippen MR) is 107 cm³/mol. The average Bonchev–Trinajstić information content (AvgIpc) is 2.66. The maximum Gasteiger partial charge on any atom is 0.326 e. The van der Waals surface area contributed by atoms with Gasteiger partial charge in [0.25, 0.3) is 0 Å². The lowest BCUT2D eigenvalue weighted by Gasteiger charge is -2.21. The Balaban J connectivity index is 2.05. The number of carbonyl (C=O) groups is 2. The minimum absolute atomic E-state index is 0.244. The van der Waals surface area contributed by atoms with Gasteiger partial charge in [-0.05, 0) is 36.1 Å². The van der Waals surface area contributed by atoms with Crippen LogP contribution < -0.4 is 10.6 Å². The van der Waals surface area contributed by atoms with E-state index in [1.165, 1.54) is 0 Å². The second kappa shape index (κ2) is 9.88. The zero-order valence-corrected chi connectivity index (χ0v) is 16.1. The van der Waals surface area contributed by atoms with Crippen molar-refractivity contribution in [2.75, 3.05) is 7.05 Å². The van der Waals surface area contributed by atoms with Gasteiger partial charge in [-0.1, -0.05) is 68.4 Å². The molecule has 0 aliphatic heterocycles. The number of aliphatic carboxylic acids is 1. The third-order valence-corrected chi connectivity index (χ3v) is 4.49. The summed E-state index contributed by atoms with van der Waals surface area (Å²) < 4.78 is 0. The summed E-state index contributed by atoms with van der Waals surface area (Å²) in [6.45, 7) is 4.06. The van der Waals surface area contributed by atoms with Crippen molar-refractivity contribution < 1.29 is 14.7 Å². The van der Waals surface area contributed by atoms with Crippen molar-refractivity contribution in [1.29, 1.82) is 0 Å². The zero-order chi connectivity index (χ0) is 19.8. The Kier molecular flexibility index (Phi) is 7.55. The first-order chi connectivity index (χ1) is 12.9. The maximum absolute atomic E-state index is 12.4. The van der Waals surface area contributed by atoms with Gasteiger partial charge in [0.1, 0.15) is 6.04 Å². The Morgan fingerprint density at radius 3 is 2.04 bits per heavy atom. The molecule has 27 heavy (non-hydrogen) atoms. The smallest absolute Gasteiger partial charge is 0.326 e. The standard InChI is InChI=1S/C22H28N2O3/c1-15(2)13-19(23-3)21(25)24-20(22(26)27)14-16-9-11-18(12-10-16)17-7-5-4-6-8-17/h4-12,15,19-20,23H,13-14H2,1-3H3,(H,24,25)(H,26,27)/t19-,20-/m0/s1. The number of benzene rings is 2. The lowest BCUT2D eigenvalue weighted by Crippen LogP contribution is -2.50. The molecular formula is C22H28N2O3. The van der Waals surface area contributed by atoms with Crippen molar-refractivity contribution in [3.05, 3.63) is 60.2 Å². The van der Waals surface area contributed by atoms with Gasteiger partial charge in [-0.2, -0.15) is 0 Å². The van der Waals surface area contributed by atoms with Crippen molar-refractivity contribution in [1.82, 2.24) is 10.6 Å². The summed E-state index contributed by atoms with van der Waals surface area (Å²) in [5.74, 6) is -0.976. The van der Waals surface area contributed by atoms with Gasteiger partial charge in [-0.15, -0.1) is 0 Å². The minimum atomic E-state index is -1.03. The molecule has 5 heteroatoms. The quantitative estimate of drug-likeness (QED) is 0.635. The van der Waals surface area contributed by atoms with Crippen molar-refractivity contribution in [2.24, 2.45) is 5.92 Å². The average molecular weight is 368 g/mol. The summed E-state index contributed by atoms with van der Waals surface area (Å²) in [6.07, 6.45) is 0.898. The van der Waals surface area contributed by atoms with Gasteiger partial charge in [0.2, 0.25) is 5.91 Å². The summed E-state index contributed by atoms with van der Waals surface area (Å²) in [5.41, 5.74) is 3.05. The Labute approximate surface area is 160 Å². The SMILES string of the molecule is CN[C@@H](CC(C)C)C(=O)N[C@@H](Cc1ccc(-c2ccccc2)cc1)C(=O)O. The Morgan fingerprint density at radius 2 is 1.52 bits per heavy atom. The van der Waals surface area contributed by atoms with Crippen LogP contribution in [0.4, 0.5) is 0 Å². The number of carbonyl (C=O) groups excluding carboxylic acids is 1. The molecule has 0 saturated carbocycles. The van der Waals surface area contributed by atoms with Gasteiger partial charge in [0, 0.05) is 6.42 Å². The van der Waals surface area contributed by atoms with E-state index in [1.54, 1.807) is 7.05 Å². The van der Waals surface area contributed by atoms with Crippen LogP contribution in [0.2, 0.25) is 0 Å². The van der Waals surface area contributed by atoms with Gasteiger partial charge < -0.3 is 15.7 Å². The molecule has 0 aliphatic rings. The molecule has 0 bridgehead atoms. The van der Waals surface area contributed by atoms with Crippen molar-refractivity contribution in [3.63, 3.8) is 0 Å². The summed E-state index contributed by atoms with van der Waals surface area (Å²) in [5, 5.41) is 15.1. The lowest BCUT2D eigenvalue weighted by atomic mass is 9.99. The molecular weight excluding hydrogens is 340 g/mol. The first kappa shape index (κ1) is 20.6. The molecule has 0 spiro atoms. The van der Waals surface area contributed by atoms with Gasteiger partial charge in [-0.25, -0.2) is 4.79 Å². The van der Waals surface area contributed by atoms with Crippen LogP contribution in [0.3, 0.4) is 0 Å². The molecule has 0 heterocycles. The van der Waals surface area contributed by atoms with E-state index in [1.807, 2.05) is 68.4 Å². The molecule has 1 amide bonds. The number of rotatable bonds is 9. The monoisotopic (exact) mass is 368 g/mol. The van der Waals surface area contributed by atoms with Crippen LogP contribution in [0, 0.1) is 5.92 Å². The molecule has 2 aromatic rings. The van der Waals surface area contributed by atoms with Crippen LogP contribution in [0.5, 0.6) is 0 Å². The van der Waals surface area contributed by atoms with E-state index in [0.717, 1.165) is 16.7 Å². The summed E-state index contributed by atoms with van der Waals surface area (Å²) in [4.78, 5) is 24.0. The largest absolute Gasteiger partial charge is 0.480 e. The fraction of sp³-hybridized carbons (Fsp3) is 0.364. The van der Waals surface area contributed by atoms with Gasteiger partial charge in [0.05, 0.1) is 6.04 Å². The van der Waals surface area contributed by atoms with Gasteiger partial charge in [-0.3, -0.25) is 4.79 Å². The second-order valence-electron chi connectivity index (χ2n) is 7.14. The molecule has 2 rings (SSSR count). The molecule has 2 atom stereocenters. The maximum atomic E-state index is 12.4. The summed E-state index contributed by atoms with van der Waals surface area (Å²) in [7, 11) is 1.71. The van der Waals surface area contributed by atoms with Crippen LogP contribution in [0.1, 0.15) is 25.8 Å². The zero-order valence-electron chi connectivity index (χ0n) is 16.1. The second-order valence-corrected chi connectivity index (χ2v) is 7.14. The highest BCUT2D eigenvalue weighted by Crippen LogP contribution is 2.19. The molecule has 0 radical (unpaired) electrons. The van der Waals surface area contributed by atoms with E-state index in [0.29, 0.717) is 12.3 Å². The molecule has 0 aliphatic carbocycles. The summed E-state index contributed by atoms with van der Waals surface area (Å²) in [6, 6.07) is 16.4. The Morgan fingerprint density at radius 1 is 0.926 bits per heavy atom. The van der Waals surface area contributed by atoms with Crippen molar-refractivity contribution >= 4 is 11.9 Å². The number of hydrogen-bond acceptors (Lipinski definition) is 3. The minimum Gasteiger partial charge on any atom is -0.480 e. The molecule has 2 aromatic carbocycles. The van der Waals surface area contributed by atoms with Gasteiger partial charge in [0.15, 0.2) is 0 Å². The van der Waals surface area contributed by atoms with Crippen LogP contribution in [-0.2, 0) is 16.0 Å². The predicted octanol–water partition coefficient (Wildman–Crippen LogP) is 3.10. The number of nitrogens with one attached hydrogen (secondary N) is 2. The first-order valence-electron chi connectivity index (χ1n) is 9.25. The normalized spacial score (nSPS) is 13.2. The fourth-order valence-corrected chi connectivity index (χ4v) is 3.00. The molecule has 0 unspecified atom stereocenters. The molecule has 5 nitrogen and oxygen atoms in total. The molecule has 3 N–H and O–H groups in total. The highest BCUT2D eigenvalue weighted by Gasteiger charge is 2.25. The third-order valence-electron chi connectivity index (χ3n) is 4.49. The third kappa shape index (κ3) is 6.22. The molecule has 0 fully saturated rings. The Hall–Kier alpha value is -2.66. The van der Waals surface area contributed by atoms with Gasteiger partial charge >= 0.3 is 5.97 Å². The van der Waals surface area contributed by atoms with E-state index in [4.69, 9.17) is 0 Å². The van der Waals surface area contributed by atoms with Crippen LogP contribution in [0.25, 0.3) is 11.1 Å².